The molecule has 4 aromatic rings. The van der Waals surface area contributed by atoms with E-state index in [9.17, 15) is 9.59 Å². The van der Waals surface area contributed by atoms with Crippen molar-refractivity contribution in [3.05, 3.63) is 87.3 Å². The van der Waals surface area contributed by atoms with E-state index in [1.165, 1.54) is 10.5 Å². The van der Waals surface area contributed by atoms with Crippen LogP contribution in [0.2, 0.25) is 0 Å². The van der Waals surface area contributed by atoms with Crippen LogP contribution in [0.1, 0.15) is 54.2 Å². The smallest absolute Gasteiger partial charge is 0.267 e. The maximum Gasteiger partial charge on any atom is 0.267 e. The third kappa shape index (κ3) is 3.82. The molecular weight excluding hydrogens is 402 g/mol. The molecule has 0 saturated carbocycles. The first kappa shape index (κ1) is 21.5. The molecule has 4 rings (SSSR count). The largest absolute Gasteiger partial charge is 0.345 e. The number of carbonyl (C=O) groups is 1. The fourth-order valence-corrected chi connectivity index (χ4v) is 3.90. The summed E-state index contributed by atoms with van der Waals surface area (Å²) in [5.41, 5.74) is 2.83. The highest BCUT2D eigenvalue weighted by Crippen LogP contribution is 2.15. The number of amides is 1. The third-order valence-electron chi connectivity index (χ3n) is 5.76. The molecule has 0 fully saturated rings. The van der Waals surface area contributed by atoms with Crippen molar-refractivity contribution >= 4 is 22.6 Å². The van der Waals surface area contributed by atoms with Gasteiger partial charge in [-0.25, -0.2) is 4.98 Å². The Bertz CT molecular complexity index is 1420. The van der Waals surface area contributed by atoms with Crippen molar-refractivity contribution in [2.45, 2.75) is 46.2 Å². The van der Waals surface area contributed by atoms with E-state index in [-0.39, 0.29) is 28.6 Å². The summed E-state index contributed by atoms with van der Waals surface area (Å²) in [5.74, 6) is -0.382. The normalized spacial score (nSPS) is 12.2. The van der Waals surface area contributed by atoms with E-state index in [0.29, 0.717) is 23.2 Å². The first-order chi connectivity index (χ1) is 15.4. The molecule has 0 saturated heterocycles. The Morgan fingerprint density at radius 1 is 1.16 bits per heavy atom. The van der Waals surface area contributed by atoms with Crippen LogP contribution in [-0.2, 0) is 6.54 Å². The summed E-state index contributed by atoms with van der Waals surface area (Å²) in [5, 5.41) is 12.1. The molecule has 0 bridgehead atoms. The van der Waals surface area contributed by atoms with Crippen molar-refractivity contribution < 1.29 is 4.79 Å². The minimum Gasteiger partial charge on any atom is -0.345 e. The van der Waals surface area contributed by atoms with Gasteiger partial charge in [0.05, 0.1) is 17.0 Å². The van der Waals surface area contributed by atoms with E-state index in [4.69, 9.17) is 10.4 Å². The quantitative estimate of drug-likeness (QED) is 0.458. The van der Waals surface area contributed by atoms with Gasteiger partial charge in [-0.05, 0) is 43.5 Å². The predicted molar refractivity (Wildman–Crippen MR) is 125 cm³/mol. The summed E-state index contributed by atoms with van der Waals surface area (Å²) in [6.07, 6.45) is 3.41. The lowest BCUT2D eigenvalue weighted by molar-refractivity contribution is 0.0937. The average molecular weight is 430 g/mol. The number of unbranched alkanes of at least 4 members (excludes halogenated alkanes) is 1. The maximum atomic E-state index is 13.3. The van der Waals surface area contributed by atoms with Crippen LogP contribution in [0.4, 0.5) is 0 Å². The Morgan fingerprint density at radius 3 is 2.62 bits per heavy atom. The zero-order chi connectivity index (χ0) is 22.8. The Morgan fingerprint density at radius 2 is 1.91 bits per heavy atom. The summed E-state index contributed by atoms with van der Waals surface area (Å²) in [7, 11) is 0. The topological polar surface area (TPSA) is 92.2 Å². The zero-order valence-corrected chi connectivity index (χ0v) is 18.6. The Hall–Kier alpha value is -3.74. The lowest BCUT2D eigenvalue weighted by Gasteiger charge is -2.17. The van der Waals surface area contributed by atoms with Crippen LogP contribution < -0.4 is 16.4 Å². The molecule has 3 aromatic heterocycles. The average Bonchev–Trinajstić information content (AvgIpc) is 2.79. The minimum absolute atomic E-state index is 0.0635. The monoisotopic (exact) mass is 429 g/mol. The second kappa shape index (κ2) is 8.78. The first-order valence-corrected chi connectivity index (χ1v) is 10.9. The number of carbonyl (C=O) groups excluding carboxylic acids is 1. The summed E-state index contributed by atoms with van der Waals surface area (Å²) in [6.45, 7) is 6.37. The van der Waals surface area contributed by atoms with Crippen molar-refractivity contribution in [3.63, 3.8) is 0 Å². The number of nitrogens with one attached hydrogen (secondary N) is 2. The Labute approximate surface area is 185 Å². The molecule has 0 aliphatic carbocycles. The van der Waals surface area contributed by atoms with Crippen molar-refractivity contribution in [1.29, 1.82) is 5.41 Å². The second-order valence-corrected chi connectivity index (χ2v) is 8.06. The molecule has 1 atom stereocenters. The molecule has 2 N–H and O–H groups in total. The van der Waals surface area contributed by atoms with Crippen LogP contribution in [-0.4, -0.2) is 19.9 Å². The number of aryl methyl sites for hydroxylation is 2. The van der Waals surface area contributed by atoms with E-state index in [1.807, 2.05) is 50.2 Å². The number of nitrogens with zero attached hydrogens (tertiary/aromatic N) is 3. The number of pyridine rings is 2. The highest BCUT2D eigenvalue weighted by Gasteiger charge is 2.19. The van der Waals surface area contributed by atoms with Crippen LogP contribution in [0, 0.1) is 12.3 Å². The van der Waals surface area contributed by atoms with Gasteiger partial charge in [0.15, 0.2) is 0 Å². The fourth-order valence-electron chi connectivity index (χ4n) is 3.90. The summed E-state index contributed by atoms with van der Waals surface area (Å²) < 4.78 is 3.19. The Balaban J connectivity index is 1.89. The van der Waals surface area contributed by atoms with E-state index < -0.39 is 0 Å². The Kier molecular flexibility index (Phi) is 5.90. The van der Waals surface area contributed by atoms with Gasteiger partial charge < -0.3 is 9.88 Å². The number of hydrogen-bond donors (Lipinski definition) is 2. The van der Waals surface area contributed by atoms with Crippen molar-refractivity contribution in [3.8, 4) is 0 Å². The molecule has 7 heteroatoms. The van der Waals surface area contributed by atoms with E-state index in [0.717, 1.165) is 24.0 Å². The molecule has 0 radical (unpaired) electrons. The molecule has 1 amide bonds. The zero-order valence-electron chi connectivity index (χ0n) is 18.6. The SMILES string of the molecule is CCCCn1c(=N)c(C(=O)N[C@H](C)c2ccccc2)cc2c(=O)n3cccc(C)c3nc21. The molecule has 7 nitrogen and oxygen atoms in total. The second-order valence-electron chi connectivity index (χ2n) is 8.06. The number of rotatable bonds is 6. The molecule has 0 unspecified atom stereocenters. The van der Waals surface area contributed by atoms with E-state index in [2.05, 4.69) is 12.2 Å². The number of aromatic nitrogens is 3. The van der Waals surface area contributed by atoms with Crippen LogP contribution in [0.25, 0.3) is 16.7 Å². The van der Waals surface area contributed by atoms with Crippen LogP contribution in [0.5, 0.6) is 0 Å². The van der Waals surface area contributed by atoms with Gasteiger partial charge in [-0.3, -0.25) is 19.4 Å². The van der Waals surface area contributed by atoms with Crippen LogP contribution in [0.15, 0.2) is 59.5 Å². The predicted octanol–water partition coefficient (Wildman–Crippen LogP) is 3.73. The van der Waals surface area contributed by atoms with Crippen molar-refractivity contribution in [1.82, 2.24) is 19.3 Å². The lowest BCUT2D eigenvalue weighted by Crippen LogP contribution is -2.36. The van der Waals surface area contributed by atoms with Gasteiger partial charge in [-0.2, -0.15) is 0 Å². The summed E-state index contributed by atoms with van der Waals surface area (Å²) >= 11 is 0. The molecule has 1 aromatic carbocycles. The highest BCUT2D eigenvalue weighted by molar-refractivity contribution is 5.97. The third-order valence-corrected chi connectivity index (χ3v) is 5.76. The molecular formula is C25H27N5O2. The number of fused-ring (bicyclic) bond motifs is 2. The van der Waals surface area contributed by atoms with Crippen molar-refractivity contribution in [2.24, 2.45) is 0 Å². The first-order valence-electron chi connectivity index (χ1n) is 10.9. The van der Waals surface area contributed by atoms with E-state index >= 15 is 0 Å². The number of hydrogen-bond acceptors (Lipinski definition) is 4. The minimum atomic E-state index is -0.382. The van der Waals surface area contributed by atoms with Gasteiger partial charge in [-0.1, -0.05) is 49.7 Å². The van der Waals surface area contributed by atoms with Gasteiger partial charge in [-0.15, -0.1) is 0 Å². The van der Waals surface area contributed by atoms with Crippen LogP contribution >= 0.6 is 0 Å². The van der Waals surface area contributed by atoms with Crippen molar-refractivity contribution in [2.75, 3.05) is 0 Å². The number of benzene rings is 1. The highest BCUT2D eigenvalue weighted by atomic mass is 16.2. The molecule has 32 heavy (non-hydrogen) atoms. The van der Waals surface area contributed by atoms with E-state index in [1.54, 1.807) is 16.8 Å². The summed E-state index contributed by atoms with van der Waals surface area (Å²) in [6, 6.07) is 14.6. The van der Waals surface area contributed by atoms with Gasteiger partial charge in [0.25, 0.3) is 11.5 Å². The molecule has 164 valence electrons. The van der Waals surface area contributed by atoms with Crippen LogP contribution in [0.3, 0.4) is 0 Å². The van der Waals surface area contributed by atoms with Gasteiger partial charge in [0.2, 0.25) is 0 Å². The molecule has 0 aliphatic rings. The van der Waals surface area contributed by atoms with Gasteiger partial charge >= 0.3 is 0 Å². The lowest BCUT2D eigenvalue weighted by atomic mass is 10.1. The maximum absolute atomic E-state index is 13.3. The molecule has 3 heterocycles. The molecule has 0 spiro atoms. The van der Waals surface area contributed by atoms with Gasteiger partial charge in [0, 0.05) is 12.7 Å². The van der Waals surface area contributed by atoms with Gasteiger partial charge in [0.1, 0.15) is 16.8 Å². The standard InChI is InChI=1S/C25H27N5O2/c1-4-5-13-29-21(26)19(24(31)27-17(3)18-11-7-6-8-12-18)15-20-23(29)28-22-16(2)10-9-14-30(22)25(20)32/h6-12,14-15,17,26H,4-5,13H2,1-3H3,(H,27,31)/t17-/m1/s1. The fraction of sp³-hybridized carbons (Fsp3) is 0.280. The summed E-state index contributed by atoms with van der Waals surface area (Å²) in [4.78, 5) is 31.2. The molecule has 0 aliphatic heterocycles.